The van der Waals surface area contributed by atoms with Crippen molar-refractivity contribution >= 4 is 57.2 Å². The largest absolute Gasteiger partial charge is 0.300 e. The zero-order valence-electron chi connectivity index (χ0n) is 9.45. The predicted octanol–water partition coefficient (Wildman–Crippen LogP) is 2.20. The van der Waals surface area contributed by atoms with E-state index in [2.05, 4.69) is 6.07 Å². The maximum Gasteiger partial charge on any atom is 0.131 e. The van der Waals surface area contributed by atoms with Gasteiger partial charge in [0.25, 0.3) is 0 Å². The molecule has 1 unspecified atom stereocenters. The molecule has 0 aromatic heterocycles. The Kier molecular flexibility index (Phi) is 7.32. The second-order valence-corrected chi connectivity index (χ2v) is 3.44. The molecule has 0 aliphatic heterocycles. The quantitative estimate of drug-likeness (QED) is 0.741. The Balaban J connectivity index is 0.00000196. The molecule has 0 N–H and O–H groups in total. The van der Waals surface area contributed by atoms with Gasteiger partial charge in [-0.3, -0.25) is 4.79 Å². The van der Waals surface area contributed by atoms with Gasteiger partial charge in [-0.25, -0.2) is 0 Å². The smallest absolute Gasteiger partial charge is 0.131 e. The summed E-state index contributed by atoms with van der Waals surface area (Å²) in [6.45, 7) is 3.47. The van der Waals surface area contributed by atoms with Crippen LogP contribution in [-0.2, 0) is 4.79 Å². The van der Waals surface area contributed by atoms with Gasteiger partial charge < -0.3 is 0 Å². The Morgan fingerprint density at radius 2 is 2.07 bits per heavy atom. The Morgan fingerprint density at radius 3 is 2.53 bits per heavy atom. The number of hydrogen-bond donors (Lipinski definition) is 0. The van der Waals surface area contributed by atoms with E-state index in [1.807, 2.05) is 31.2 Å². The van der Waals surface area contributed by atoms with Gasteiger partial charge in [0.15, 0.2) is 0 Å². The molecule has 1 radical (unpaired) electrons. The van der Waals surface area contributed by atoms with Gasteiger partial charge in [-0.1, -0.05) is 24.3 Å². The molecule has 1 rings (SSSR count). The van der Waals surface area contributed by atoms with Gasteiger partial charge in [0.1, 0.15) is 5.78 Å². The molecular weight excluding hydrogens is 213 g/mol. The molecule has 0 bridgehead atoms. The summed E-state index contributed by atoms with van der Waals surface area (Å²) in [6, 6.07) is 9.86. The second kappa shape index (κ2) is 7.32. The summed E-state index contributed by atoms with van der Waals surface area (Å²) in [4.78, 5) is 10.9. The number of rotatable bonds is 3. The fourth-order valence-electron chi connectivity index (χ4n) is 1.49. The van der Waals surface area contributed by atoms with E-state index in [9.17, 15) is 4.79 Å². The first-order chi connectivity index (χ1) is 6.65. The molecule has 73 valence electrons. The molecule has 3 heteroatoms. The SMILES string of the molecule is CC(=O)CC(C#N)c1ccccc1C.[K]. The third-order valence-electron chi connectivity index (χ3n) is 2.21. The first kappa shape index (κ1) is 15.0. The van der Waals surface area contributed by atoms with Crippen LogP contribution >= 0.6 is 0 Å². The number of carbonyl (C=O) groups is 1. The number of nitrogens with zero attached hydrogens (tertiary/aromatic N) is 1. The molecule has 1 aromatic rings. The first-order valence-corrected chi connectivity index (χ1v) is 4.59. The van der Waals surface area contributed by atoms with E-state index in [0.29, 0.717) is 6.42 Å². The van der Waals surface area contributed by atoms with Gasteiger partial charge in [0.05, 0.1) is 12.0 Å². The van der Waals surface area contributed by atoms with E-state index >= 15 is 0 Å². The number of nitriles is 1. The number of hydrogen-bond acceptors (Lipinski definition) is 2. The van der Waals surface area contributed by atoms with Crippen molar-refractivity contribution in [2.75, 3.05) is 0 Å². The number of carbonyl (C=O) groups excluding carboxylic acids is 1. The van der Waals surface area contributed by atoms with Gasteiger partial charge in [0.2, 0.25) is 0 Å². The van der Waals surface area contributed by atoms with Crippen LogP contribution in [0.25, 0.3) is 0 Å². The van der Waals surface area contributed by atoms with Crippen LogP contribution in [0.4, 0.5) is 0 Å². The number of aryl methyl sites for hydroxylation is 1. The van der Waals surface area contributed by atoms with E-state index in [0.717, 1.165) is 11.1 Å². The minimum atomic E-state index is -0.298. The third-order valence-corrected chi connectivity index (χ3v) is 2.21. The monoisotopic (exact) mass is 226 g/mol. The maximum atomic E-state index is 10.9. The Hall–Kier alpha value is 0.0164. The van der Waals surface area contributed by atoms with Crippen molar-refractivity contribution in [3.63, 3.8) is 0 Å². The van der Waals surface area contributed by atoms with E-state index < -0.39 is 0 Å². The molecular formula is C12H13KNO. The van der Waals surface area contributed by atoms with Crippen molar-refractivity contribution in [2.45, 2.75) is 26.2 Å². The van der Waals surface area contributed by atoms with Crippen LogP contribution in [0.2, 0.25) is 0 Å². The molecule has 1 aromatic carbocycles. The van der Waals surface area contributed by atoms with E-state index in [4.69, 9.17) is 5.26 Å². The molecule has 0 aliphatic rings. The minimum Gasteiger partial charge on any atom is -0.300 e. The normalized spacial score (nSPS) is 11.0. The van der Waals surface area contributed by atoms with E-state index in [-0.39, 0.29) is 63.1 Å². The molecule has 0 aliphatic carbocycles. The van der Waals surface area contributed by atoms with Crippen LogP contribution in [0.15, 0.2) is 24.3 Å². The van der Waals surface area contributed by atoms with Crippen LogP contribution in [-0.4, -0.2) is 57.2 Å². The Labute approximate surface area is 133 Å². The van der Waals surface area contributed by atoms with Gasteiger partial charge in [0, 0.05) is 57.8 Å². The Bertz CT molecular complexity index is 381. The average molecular weight is 226 g/mol. The topological polar surface area (TPSA) is 40.9 Å². The first-order valence-electron chi connectivity index (χ1n) is 4.59. The summed E-state index contributed by atoms with van der Waals surface area (Å²) in [7, 11) is 0. The molecule has 0 fully saturated rings. The summed E-state index contributed by atoms with van der Waals surface area (Å²) < 4.78 is 0. The van der Waals surface area contributed by atoms with E-state index in [1.165, 1.54) is 6.92 Å². The second-order valence-electron chi connectivity index (χ2n) is 3.44. The van der Waals surface area contributed by atoms with Gasteiger partial charge in [-0.2, -0.15) is 5.26 Å². The van der Waals surface area contributed by atoms with Gasteiger partial charge >= 0.3 is 0 Å². The molecule has 0 heterocycles. The molecule has 15 heavy (non-hydrogen) atoms. The molecule has 2 nitrogen and oxygen atoms in total. The zero-order chi connectivity index (χ0) is 10.6. The summed E-state index contributed by atoms with van der Waals surface area (Å²) >= 11 is 0. The van der Waals surface area contributed by atoms with E-state index in [1.54, 1.807) is 0 Å². The fourth-order valence-corrected chi connectivity index (χ4v) is 1.49. The molecule has 0 saturated carbocycles. The predicted molar refractivity (Wildman–Crippen MR) is 60.6 cm³/mol. The summed E-state index contributed by atoms with van der Waals surface area (Å²) in [6.07, 6.45) is 0.307. The van der Waals surface area contributed by atoms with Gasteiger partial charge in [-0.05, 0) is 25.0 Å². The van der Waals surface area contributed by atoms with Crippen molar-refractivity contribution < 1.29 is 4.79 Å². The summed E-state index contributed by atoms with van der Waals surface area (Å²) in [5.41, 5.74) is 2.03. The van der Waals surface area contributed by atoms with Crippen LogP contribution in [0.1, 0.15) is 30.4 Å². The molecule has 0 amide bonds. The molecule has 1 atom stereocenters. The summed E-state index contributed by atoms with van der Waals surface area (Å²) in [5, 5.41) is 8.95. The van der Waals surface area contributed by atoms with Crippen LogP contribution in [0.5, 0.6) is 0 Å². The Morgan fingerprint density at radius 1 is 1.47 bits per heavy atom. The van der Waals surface area contributed by atoms with Crippen LogP contribution in [0.3, 0.4) is 0 Å². The van der Waals surface area contributed by atoms with Crippen LogP contribution < -0.4 is 0 Å². The molecule has 0 spiro atoms. The standard InChI is InChI=1S/C12H13NO.K/c1-9-5-3-4-6-12(9)11(8-13)7-10(2)14;/h3-6,11H,7H2,1-2H3;. The van der Waals surface area contributed by atoms with Crippen molar-refractivity contribution in [3.05, 3.63) is 35.4 Å². The summed E-state index contributed by atoms with van der Waals surface area (Å²) in [5.74, 6) is -0.242. The van der Waals surface area contributed by atoms with Gasteiger partial charge in [-0.15, -0.1) is 0 Å². The number of ketones is 1. The average Bonchev–Trinajstić information content (AvgIpc) is 2.15. The maximum absolute atomic E-state index is 10.9. The third kappa shape index (κ3) is 4.58. The zero-order valence-corrected chi connectivity index (χ0v) is 12.6. The minimum absolute atomic E-state index is 0. The van der Waals surface area contributed by atoms with Crippen LogP contribution in [0, 0.1) is 18.3 Å². The number of benzene rings is 1. The molecule has 0 saturated heterocycles. The van der Waals surface area contributed by atoms with Crippen molar-refractivity contribution in [3.8, 4) is 6.07 Å². The van der Waals surface area contributed by atoms with Crippen molar-refractivity contribution in [1.82, 2.24) is 0 Å². The van der Waals surface area contributed by atoms with Crippen molar-refractivity contribution in [1.29, 1.82) is 5.26 Å². The fraction of sp³-hybridized carbons (Fsp3) is 0.333. The number of Topliss-reactive ketones (excluding diaryl/α,β-unsaturated/α-hetero) is 1. The van der Waals surface area contributed by atoms with Crippen molar-refractivity contribution in [2.24, 2.45) is 0 Å².